The lowest BCUT2D eigenvalue weighted by molar-refractivity contribution is 0.151. The van der Waals surface area contributed by atoms with Crippen LogP contribution in [0.3, 0.4) is 0 Å². The number of carbonyl (C=O) groups excluding carboxylic acids is 1. The van der Waals surface area contributed by atoms with Gasteiger partial charge in [-0.2, -0.15) is 5.10 Å². The minimum absolute atomic E-state index is 0.0479. The number of hydrogen-bond donors (Lipinski definition) is 1. The van der Waals surface area contributed by atoms with E-state index in [4.69, 9.17) is 4.74 Å². The first-order chi connectivity index (χ1) is 11.0. The molecule has 1 heterocycles. The van der Waals surface area contributed by atoms with Gasteiger partial charge < -0.3 is 4.74 Å². The number of carbonyl (C=O) groups is 1. The maximum absolute atomic E-state index is 14.3. The van der Waals surface area contributed by atoms with E-state index in [9.17, 15) is 18.0 Å². The van der Waals surface area contributed by atoms with Crippen molar-refractivity contribution < 1.29 is 22.7 Å². The number of benzene rings is 2. The molecule has 0 spiro atoms. The summed E-state index contributed by atoms with van der Waals surface area (Å²) in [6.07, 6.45) is -3.22. The molecule has 0 radical (unpaired) electrons. The van der Waals surface area contributed by atoms with Crippen LogP contribution in [0.1, 0.15) is 17.6 Å². The largest absolute Gasteiger partial charge is 0.442 e. The summed E-state index contributed by atoms with van der Waals surface area (Å²) in [6, 6.07) is 9.84. The lowest BCUT2D eigenvalue weighted by Crippen LogP contribution is -2.30. The van der Waals surface area contributed by atoms with Gasteiger partial charge in [-0.1, -0.05) is 36.4 Å². The highest BCUT2D eigenvalue weighted by molar-refractivity contribution is 6.03. The van der Waals surface area contributed by atoms with Crippen molar-refractivity contribution >= 4 is 11.8 Å². The third-order valence-electron chi connectivity index (χ3n) is 3.40. The zero-order valence-corrected chi connectivity index (χ0v) is 11.7. The maximum Gasteiger partial charge on any atom is 0.428 e. The molecule has 3 rings (SSSR count). The van der Waals surface area contributed by atoms with E-state index in [-0.39, 0.29) is 17.7 Å². The smallest absolute Gasteiger partial charge is 0.428 e. The number of hydrogen-bond acceptors (Lipinski definition) is 3. The SMILES string of the molecule is O=C1NN=C(c2ccc(-c3ccc(C(F)F)cc3)c(F)c2)CO1. The molecule has 1 aliphatic rings. The van der Waals surface area contributed by atoms with Crippen LogP contribution >= 0.6 is 0 Å². The Morgan fingerprint density at radius 1 is 1.09 bits per heavy atom. The van der Waals surface area contributed by atoms with Crippen LogP contribution in [0.5, 0.6) is 0 Å². The van der Waals surface area contributed by atoms with Crippen molar-refractivity contribution in [2.75, 3.05) is 6.61 Å². The molecule has 0 unspecified atom stereocenters. The molecule has 1 N–H and O–H groups in total. The molecule has 0 fully saturated rings. The summed E-state index contributed by atoms with van der Waals surface area (Å²) >= 11 is 0. The second kappa shape index (κ2) is 6.12. The van der Waals surface area contributed by atoms with Gasteiger partial charge >= 0.3 is 6.09 Å². The summed E-state index contributed by atoms with van der Waals surface area (Å²) in [5.74, 6) is -0.521. The fourth-order valence-corrected chi connectivity index (χ4v) is 2.20. The van der Waals surface area contributed by atoms with E-state index in [1.54, 1.807) is 6.07 Å². The molecule has 0 aliphatic carbocycles. The molecule has 2 aromatic rings. The first-order valence-corrected chi connectivity index (χ1v) is 6.72. The van der Waals surface area contributed by atoms with Crippen LogP contribution in [0.2, 0.25) is 0 Å². The molecular weight excluding hydrogens is 309 g/mol. The van der Waals surface area contributed by atoms with Gasteiger partial charge in [-0.05, 0) is 11.6 Å². The Labute approximate surface area is 129 Å². The predicted molar refractivity (Wildman–Crippen MR) is 77.8 cm³/mol. The van der Waals surface area contributed by atoms with E-state index in [2.05, 4.69) is 10.5 Å². The van der Waals surface area contributed by atoms with Gasteiger partial charge in [0.05, 0.1) is 0 Å². The molecule has 23 heavy (non-hydrogen) atoms. The van der Waals surface area contributed by atoms with Crippen molar-refractivity contribution in [2.24, 2.45) is 5.10 Å². The van der Waals surface area contributed by atoms with E-state index in [0.717, 1.165) is 0 Å². The van der Waals surface area contributed by atoms with E-state index in [1.165, 1.54) is 36.4 Å². The predicted octanol–water partition coefficient (Wildman–Crippen LogP) is 3.87. The van der Waals surface area contributed by atoms with Crippen LogP contribution in [0, 0.1) is 5.82 Å². The average molecular weight is 320 g/mol. The van der Waals surface area contributed by atoms with Gasteiger partial charge in [-0.15, -0.1) is 0 Å². The molecule has 0 bridgehead atoms. The Bertz CT molecular complexity index is 773. The number of cyclic esters (lactones) is 1. The Morgan fingerprint density at radius 2 is 1.78 bits per heavy atom. The van der Waals surface area contributed by atoms with Gasteiger partial charge in [-0.3, -0.25) is 0 Å². The number of ether oxygens (including phenoxy) is 1. The molecule has 2 aromatic carbocycles. The minimum atomic E-state index is -2.56. The Morgan fingerprint density at radius 3 is 2.35 bits per heavy atom. The van der Waals surface area contributed by atoms with E-state index >= 15 is 0 Å². The number of rotatable bonds is 3. The molecule has 0 atom stereocenters. The number of amides is 1. The van der Waals surface area contributed by atoms with Crippen LogP contribution < -0.4 is 5.43 Å². The fourth-order valence-electron chi connectivity index (χ4n) is 2.20. The van der Waals surface area contributed by atoms with Crippen LogP contribution in [0.15, 0.2) is 47.6 Å². The van der Waals surface area contributed by atoms with Crippen molar-refractivity contribution in [1.29, 1.82) is 0 Å². The second-order valence-corrected chi connectivity index (χ2v) is 4.86. The summed E-state index contributed by atoms with van der Waals surface area (Å²) in [5.41, 5.74) is 3.67. The van der Waals surface area contributed by atoms with Crippen molar-refractivity contribution in [2.45, 2.75) is 6.43 Å². The van der Waals surface area contributed by atoms with Crippen molar-refractivity contribution in [3.05, 3.63) is 59.4 Å². The lowest BCUT2D eigenvalue weighted by Gasteiger charge is -2.14. The standard InChI is InChI=1S/C16H11F3N2O2/c17-13-7-11(14-8-23-16(22)21-20-14)5-6-12(13)9-1-3-10(4-2-9)15(18)19/h1-7,15H,8H2,(H,21,22). The highest BCUT2D eigenvalue weighted by Crippen LogP contribution is 2.27. The average Bonchev–Trinajstić information content (AvgIpc) is 2.55. The van der Waals surface area contributed by atoms with E-state index in [0.29, 0.717) is 16.8 Å². The Balaban J connectivity index is 1.89. The summed E-state index contributed by atoms with van der Waals surface area (Å²) in [6.45, 7) is -0.0479. The number of nitrogens with one attached hydrogen (secondary N) is 1. The molecule has 0 saturated heterocycles. The quantitative estimate of drug-likeness (QED) is 0.933. The number of hydrazone groups is 1. The normalized spacial score (nSPS) is 14.3. The van der Waals surface area contributed by atoms with E-state index in [1.807, 2.05) is 0 Å². The van der Waals surface area contributed by atoms with Crippen LogP contribution in [-0.4, -0.2) is 18.4 Å². The second-order valence-electron chi connectivity index (χ2n) is 4.86. The Kier molecular flexibility index (Phi) is 4.01. The Hall–Kier alpha value is -2.83. The van der Waals surface area contributed by atoms with Crippen molar-refractivity contribution in [1.82, 2.24) is 5.43 Å². The van der Waals surface area contributed by atoms with Crippen molar-refractivity contribution in [3.8, 4) is 11.1 Å². The first-order valence-electron chi connectivity index (χ1n) is 6.72. The molecule has 118 valence electrons. The molecule has 0 aromatic heterocycles. The van der Waals surface area contributed by atoms with Crippen LogP contribution in [0.4, 0.5) is 18.0 Å². The minimum Gasteiger partial charge on any atom is -0.442 e. The summed E-state index contributed by atoms with van der Waals surface area (Å²) in [4.78, 5) is 10.9. The summed E-state index contributed by atoms with van der Waals surface area (Å²) < 4.78 is 44.1. The third-order valence-corrected chi connectivity index (χ3v) is 3.40. The number of nitrogens with zero attached hydrogens (tertiary/aromatic N) is 1. The van der Waals surface area contributed by atoms with Gasteiger partial charge in [0, 0.05) is 16.7 Å². The van der Waals surface area contributed by atoms with Crippen LogP contribution in [0.25, 0.3) is 11.1 Å². The van der Waals surface area contributed by atoms with Gasteiger partial charge in [0.15, 0.2) is 0 Å². The fraction of sp³-hybridized carbons (Fsp3) is 0.125. The topological polar surface area (TPSA) is 50.7 Å². The van der Waals surface area contributed by atoms with Gasteiger partial charge in [-0.25, -0.2) is 23.4 Å². The van der Waals surface area contributed by atoms with Crippen molar-refractivity contribution in [3.63, 3.8) is 0 Å². The molecular formula is C16H11F3N2O2. The molecule has 0 saturated carbocycles. The molecule has 1 amide bonds. The number of alkyl halides is 2. The van der Waals surface area contributed by atoms with E-state index < -0.39 is 18.3 Å². The first kappa shape index (κ1) is 15.1. The van der Waals surface area contributed by atoms with Gasteiger partial charge in [0.1, 0.15) is 18.1 Å². The lowest BCUT2D eigenvalue weighted by atomic mass is 10.0. The zero-order valence-electron chi connectivity index (χ0n) is 11.7. The third kappa shape index (κ3) is 3.18. The van der Waals surface area contributed by atoms with Crippen LogP contribution in [-0.2, 0) is 4.74 Å². The molecule has 4 nitrogen and oxygen atoms in total. The maximum atomic E-state index is 14.3. The van der Waals surface area contributed by atoms with Gasteiger partial charge in [0.25, 0.3) is 6.43 Å². The molecule has 1 aliphatic heterocycles. The molecule has 7 heteroatoms. The highest BCUT2D eigenvalue weighted by atomic mass is 19.3. The summed E-state index contributed by atoms with van der Waals surface area (Å²) in [7, 11) is 0. The highest BCUT2D eigenvalue weighted by Gasteiger charge is 2.16. The zero-order chi connectivity index (χ0) is 16.4. The summed E-state index contributed by atoms with van der Waals surface area (Å²) in [5, 5.41) is 3.80. The monoisotopic (exact) mass is 320 g/mol. The number of halogens is 3. The van der Waals surface area contributed by atoms with Gasteiger partial charge in [0.2, 0.25) is 0 Å².